The van der Waals surface area contributed by atoms with Crippen LogP contribution in [0.25, 0.3) is 0 Å². The minimum atomic E-state index is -1.28. The number of esters is 2. The van der Waals surface area contributed by atoms with E-state index in [0.717, 1.165) is 18.4 Å². The first-order chi connectivity index (χ1) is 11.6. The predicted molar refractivity (Wildman–Crippen MR) is 92.5 cm³/mol. The van der Waals surface area contributed by atoms with E-state index in [-0.39, 0.29) is 17.3 Å². The van der Waals surface area contributed by atoms with E-state index in [2.05, 4.69) is 13.5 Å². The van der Waals surface area contributed by atoms with Crippen LogP contribution in [0.15, 0.2) is 23.8 Å². The van der Waals surface area contributed by atoms with Crippen molar-refractivity contribution >= 4 is 11.9 Å². The first-order valence-electron chi connectivity index (χ1n) is 9.08. The number of aliphatic hydroxyl groups is 1. The van der Waals surface area contributed by atoms with Gasteiger partial charge in [0.1, 0.15) is 6.10 Å². The van der Waals surface area contributed by atoms with Crippen molar-refractivity contribution in [2.75, 3.05) is 0 Å². The second kappa shape index (κ2) is 5.97. The Morgan fingerprint density at radius 3 is 2.72 bits per heavy atom. The summed E-state index contributed by atoms with van der Waals surface area (Å²) in [6, 6.07) is 0. The smallest absolute Gasteiger partial charge is 0.351 e. The van der Waals surface area contributed by atoms with Crippen molar-refractivity contribution in [2.24, 2.45) is 17.3 Å². The number of fused-ring (bicyclic) bond motifs is 3. The van der Waals surface area contributed by atoms with E-state index in [9.17, 15) is 14.7 Å². The molecule has 6 atom stereocenters. The van der Waals surface area contributed by atoms with Crippen LogP contribution in [0.3, 0.4) is 0 Å². The Hall–Kier alpha value is -1.62. The number of hydrogen-bond donors (Lipinski definition) is 1. The third-order valence-corrected chi connectivity index (χ3v) is 6.79. The lowest BCUT2D eigenvalue weighted by Crippen LogP contribution is -2.55. The molecular formula is C20H28O5. The Balaban J connectivity index is 1.92. The lowest BCUT2D eigenvalue weighted by atomic mass is 9.53. The average Bonchev–Trinajstić information content (AvgIpc) is 2.80. The summed E-state index contributed by atoms with van der Waals surface area (Å²) in [5.74, 6) is -1.29. The molecule has 25 heavy (non-hydrogen) atoms. The molecular weight excluding hydrogens is 320 g/mol. The summed E-state index contributed by atoms with van der Waals surface area (Å²) < 4.78 is 11.4. The van der Waals surface area contributed by atoms with Gasteiger partial charge in [-0.05, 0) is 46.5 Å². The summed E-state index contributed by atoms with van der Waals surface area (Å²) in [5, 5.41) is 10.6. The summed E-state index contributed by atoms with van der Waals surface area (Å²) in [7, 11) is 0. The average molecular weight is 348 g/mol. The van der Waals surface area contributed by atoms with Gasteiger partial charge in [-0.2, -0.15) is 0 Å². The van der Waals surface area contributed by atoms with E-state index in [1.807, 2.05) is 0 Å². The second-order valence-electron chi connectivity index (χ2n) is 8.18. The topological polar surface area (TPSA) is 72.8 Å². The predicted octanol–water partition coefficient (Wildman–Crippen LogP) is 2.92. The molecule has 3 rings (SSSR count). The molecule has 0 radical (unpaired) electrons. The van der Waals surface area contributed by atoms with E-state index in [0.29, 0.717) is 18.4 Å². The zero-order valence-corrected chi connectivity index (χ0v) is 15.5. The Morgan fingerprint density at radius 1 is 1.40 bits per heavy atom. The largest absolute Gasteiger partial charge is 0.458 e. The van der Waals surface area contributed by atoms with Crippen molar-refractivity contribution in [1.82, 2.24) is 0 Å². The van der Waals surface area contributed by atoms with Crippen molar-refractivity contribution in [3.63, 3.8) is 0 Å². The Bertz CT molecular complexity index is 650. The molecule has 5 heteroatoms. The van der Waals surface area contributed by atoms with Crippen LogP contribution in [0.5, 0.6) is 0 Å². The van der Waals surface area contributed by atoms with Crippen molar-refractivity contribution in [3.05, 3.63) is 23.8 Å². The summed E-state index contributed by atoms with van der Waals surface area (Å²) in [4.78, 5) is 24.9. The van der Waals surface area contributed by atoms with Gasteiger partial charge < -0.3 is 14.6 Å². The highest BCUT2D eigenvalue weighted by Gasteiger charge is 2.65. The number of rotatable bonds is 2. The van der Waals surface area contributed by atoms with Crippen LogP contribution in [-0.2, 0) is 19.1 Å². The van der Waals surface area contributed by atoms with E-state index >= 15 is 0 Å². The van der Waals surface area contributed by atoms with Gasteiger partial charge in [-0.15, -0.1) is 0 Å². The molecule has 1 heterocycles. The molecule has 0 amide bonds. The molecule has 0 unspecified atom stereocenters. The zero-order valence-electron chi connectivity index (χ0n) is 15.5. The summed E-state index contributed by atoms with van der Waals surface area (Å²) in [6.45, 7) is 11.3. The number of allylic oxidation sites excluding steroid dienone is 1. The van der Waals surface area contributed by atoms with Crippen LogP contribution in [0.2, 0.25) is 0 Å². The van der Waals surface area contributed by atoms with Gasteiger partial charge >= 0.3 is 11.9 Å². The maximum atomic E-state index is 12.7. The highest BCUT2D eigenvalue weighted by atomic mass is 16.6. The fraction of sp³-hybridized carbons (Fsp3) is 0.700. The fourth-order valence-electron chi connectivity index (χ4n) is 4.91. The highest BCUT2D eigenvalue weighted by Crippen LogP contribution is 2.58. The van der Waals surface area contributed by atoms with Crippen molar-refractivity contribution in [2.45, 2.75) is 71.2 Å². The van der Waals surface area contributed by atoms with Crippen LogP contribution < -0.4 is 0 Å². The number of ether oxygens (including phenoxy) is 2. The molecule has 3 fully saturated rings. The number of carbonyl (C=O) groups excluding carboxylic acids is 2. The van der Waals surface area contributed by atoms with Crippen molar-refractivity contribution in [1.29, 1.82) is 0 Å². The van der Waals surface area contributed by atoms with E-state index in [4.69, 9.17) is 9.47 Å². The molecule has 0 aromatic rings. The van der Waals surface area contributed by atoms with E-state index < -0.39 is 29.7 Å². The fourth-order valence-corrected chi connectivity index (χ4v) is 4.91. The molecule has 0 aromatic carbocycles. The maximum absolute atomic E-state index is 12.7. The number of carbonyl (C=O) groups is 2. The summed E-state index contributed by atoms with van der Waals surface area (Å²) in [6.07, 6.45) is 3.71. The summed E-state index contributed by atoms with van der Waals surface area (Å²) in [5.41, 5.74) is -0.132. The van der Waals surface area contributed by atoms with Gasteiger partial charge in [0.2, 0.25) is 5.60 Å². The molecule has 1 saturated heterocycles. The number of aliphatic hydroxyl groups excluding tert-OH is 1. The normalized spacial score (nSPS) is 44.0. The summed E-state index contributed by atoms with van der Waals surface area (Å²) >= 11 is 0. The molecule has 2 saturated carbocycles. The zero-order chi connectivity index (χ0) is 18.6. The standard InChI is InChI=1S/C20H28O5/c1-6-11(2)17(22)25-20(5)13-9-10-19(4)14(21)8-7-12(3)15(19)16(13)24-18(20)23/h6,13-16,21H,3,7-10H2,1-2,4-5H3/b11-6-/t13-,14+,15+,16-,19-,20+/m1/s1. The first-order valence-corrected chi connectivity index (χ1v) is 9.08. The van der Waals surface area contributed by atoms with Crippen LogP contribution >= 0.6 is 0 Å². The van der Waals surface area contributed by atoms with Crippen LogP contribution in [-0.4, -0.2) is 34.9 Å². The van der Waals surface area contributed by atoms with Crippen molar-refractivity contribution in [3.8, 4) is 0 Å². The molecule has 0 bridgehead atoms. The Labute approximate surface area is 149 Å². The van der Waals surface area contributed by atoms with E-state index in [1.165, 1.54) is 0 Å². The van der Waals surface area contributed by atoms with Gasteiger partial charge in [0.05, 0.1) is 6.10 Å². The third-order valence-electron chi connectivity index (χ3n) is 6.79. The van der Waals surface area contributed by atoms with Gasteiger partial charge in [0.25, 0.3) is 0 Å². The molecule has 5 nitrogen and oxygen atoms in total. The maximum Gasteiger partial charge on any atom is 0.351 e. The van der Waals surface area contributed by atoms with Gasteiger partial charge in [0.15, 0.2) is 0 Å². The van der Waals surface area contributed by atoms with Gasteiger partial charge in [0, 0.05) is 22.8 Å². The molecule has 2 aliphatic carbocycles. The second-order valence-corrected chi connectivity index (χ2v) is 8.18. The molecule has 0 spiro atoms. The minimum absolute atomic E-state index is 0.0951. The van der Waals surface area contributed by atoms with Crippen molar-refractivity contribution < 1.29 is 24.2 Å². The highest BCUT2D eigenvalue weighted by molar-refractivity contribution is 5.92. The number of hydrogen-bond acceptors (Lipinski definition) is 5. The Kier molecular flexibility index (Phi) is 4.34. The lowest BCUT2D eigenvalue weighted by molar-refractivity contribution is -0.170. The quantitative estimate of drug-likeness (QED) is 0.472. The lowest BCUT2D eigenvalue weighted by Gasteiger charge is -2.53. The van der Waals surface area contributed by atoms with Gasteiger partial charge in [-0.3, -0.25) is 0 Å². The van der Waals surface area contributed by atoms with Crippen LogP contribution in [0, 0.1) is 17.3 Å². The SMILES string of the molecule is C=C1CC[C@H](O)[C@@]2(C)CC[C@@H]3[C@@H](OC(=O)[C@@]3(C)OC(=O)/C(C)=C\C)[C@H]12. The molecule has 3 aliphatic rings. The van der Waals surface area contributed by atoms with Gasteiger partial charge in [-0.1, -0.05) is 25.2 Å². The Morgan fingerprint density at radius 2 is 2.08 bits per heavy atom. The molecule has 0 aromatic heterocycles. The van der Waals surface area contributed by atoms with E-state index in [1.54, 1.807) is 26.8 Å². The monoisotopic (exact) mass is 348 g/mol. The van der Waals surface area contributed by atoms with Crippen LogP contribution in [0.4, 0.5) is 0 Å². The minimum Gasteiger partial charge on any atom is -0.458 e. The van der Waals surface area contributed by atoms with Gasteiger partial charge in [-0.25, -0.2) is 9.59 Å². The molecule has 1 N–H and O–H groups in total. The van der Waals surface area contributed by atoms with Crippen LogP contribution in [0.1, 0.15) is 53.4 Å². The third kappa shape index (κ3) is 2.55. The molecule has 1 aliphatic heterocycles. The first kappa shape index (κ1) is 18.2. The molecule has 138 valence electrons.